The summed E-state index contributed by atoms with van der Waals surface area (Å²) >= 11 is 0. The number of carbonyl (C=O) groups excluding carboxylic acids is 3. The summed E-state index contributed by atoms with van der Waals surface area (Å²) in [5.41, 5.74) is 2.27. The van der Waals surface area contributed by atoms with Gasteiger partial charge in [0.05, 0.1) is 18.9 Å². The third-order valence-electron chi connectivity index (χ3n) is 5.14. The molecule has 2 heterocycles. The molecule has 8 nitrogen and oxygen atoms in total. The molecule has 1 aromatic carbocycles. The molecule has 0 radical (unpaired) electrons. The number of urea groups is 1. The molecule has 150 valence electrons. The molecule has 28 heavy (non-hydrogen) atoms. The Morgan fingerprint density at radius 3 is 2.71 bits per heavy atom. The van der Waals surface area contributed by atoms with Gasteiger partial charge in [-0.2, -0.15) is 0 Å². The maximum Gasteiger partial charge on any atom is 0.335 e. The number of anilines is 1. The molecule has 0 unspecified atom stereocenters. The van der Waals surface area contributed by atoms with E-state index in [1.165, 1.54) is 6.21 Å². The minimum absolute atomic E-state index is 0.487. The van der Waals surface area contributed by atoms with Crippen LogP contribution in [0.3, 0.4) is 0 Å². The first-order chi connectivity index (χ1) is 13.5. The van der Waals surface area contributed by atoms with Crippen LogP contribution in [0.15, 0.2) is 23.2 Å². The van der Waals surface area contributed by atoms with E-state index in [1.54, 1.807) is 12.1 Å². The molecule has 2 fully saturated rings. The fourth-order valence-electron chi connectivity index (χ4n) is 3.32. The largest absolute Gasteiger partial charge is 0.379 e. The summed E-state index contributed by atoms with van der Waals surface area (Å²) in [4.78, 5) is 44.9. The van der Waals surface area contributed by atoms with Crippen molar-refractivity contribution in [2.45, 2.75) is 20.3 Å². The summed E-state index contributed by atoms with van der Waals surface area (Å²) in [5.74, 6) is -2.30. The van der Waals surface area contributed by atoms with Crippen LogP contribution in [0.5, 0.6) is 0 Å². The van der Waals surface area contributed by atoms with E-state index in [1.807, 2.05) is 19.9 Å². The number of amides is 4. The Bertz CT molecular complexity index is 786. The van der Waals surface area contributed by atoms with Gasteiger partial charge in [-0.05, 0) is 37.5 Å². The zero-order chi connectivity index (χ0) is 20.1. The predicted octanol–water partition coefficient (Wildman–Crippen LogP) is 1.30. The van der Waals surface area contributed by atoms with Crippen LogP contribution < -0.4 is 10.2 Å². The molecule has 2 aliphatic rings. The molecule has 3 rings (SSSR count). The van der Waals surface area contributed by atoms with Gasteiger partial charge in [0.15, 0.2) is 5.92 Å². The van der Waals surface area contributed by atoms with Crippen molar-refractivity contribution in [2.75, 3.05) is 44.3 Å². The average Bonchev–Trinajstić information content (AvgIpc) is 2.67. The van der Waals surface area contributed by atoms with Crippen LogP contribution >= 0.6 is 0 Å². The van der Waals surface area contributed by atoms with Crippen LogP contribution in [-0.4, -0.2) is 68.4 Å². The van der Waals surface area contributed by atoms with Crippen molar-refractivity contribution in [1.82, 2.24) is 10.2 Å². The van der Waals surface area contributed by atoms with Gasteiger partial charge in [-0.3, -0.25) is 24.8 Å². The first-order valence-corrected chi connectivity index (χ1v) is 9.54. The highest BCUT2D eigenvalue weighted by Crippen LogP contribution is 2.26. The SMILES string of the molecule is Cc1cccc(N2C(=O)NC(=O)[C@@H](C=NCCCN3CCOCC3)C2=O)c1C. The second-order valence-electron chi connectivity index (χ2n) is 7.03. The Kier molecular flexibility index (Phi) is 6.53. The quantitative estimate of drug-likeness (QED) is 0.452. The minimum atomic E-state index is -1.10. The van der Waals surface area contributed by atoms with Crippen molar-refractivity contribution in [3.63, 3.8) is 0 Å². The highest BCUT2D eigenvalue weighted by molar-refractivity contribution is 6.32. The van der Waals surface area contributed by atoms with E-state index in [-0.39, 0.29) is 0 Å². The molecule has 0 bridgehead atoms. The number of aliphatic imine (C=N–C) groups is 1. The second kappa shape index (κ2) is 9.07. The van der Waals surface area contributed by atoms with Gasteiger partial charge in [-0.25, -0.2) is 9.69 Å². The van der Waals surface area contributed by atoms with Gasteiger partial charge < -0.3 is 4.74 Å². The zero-order valence-electron chi connectivity index (χ0n) is 16.3. The monoisotopic (exact) mass is 386 g/mol. The Morgan fingerprint density at radius 1 is 1.21 bits per heavy atom. The number of rotatable bonds is 6. The molecule has 1 aromatic rings. The van der Waals surface area contributed by atoms with Crippen molar-refractivity contribution < 1.29 is 19.1 Å². The Balaban J connectivity index is 1.63. The number of barbiturate groups is 1. The maximum absolute atomic E-state index is 12.9. The van der Waals surface area contributed by atoms with Gasteiger partial charge in [0, 0.05) is 32.4 Å². The van der Waals surface area contributed by atoms with Crippen LogP contribution in [0.2, 0.25) is 0 Å². The second-order valence-corrected chi connectivity index (χ2v) is 7.03. The van der Waals surface area contributed by atoms with Gasteiger partial charge in [0.2, 0.25) is 5.91 Å². The molecule has 1 atom stereocenters. The van der Waals surface area contributed by atoms with E-state index in [0.717, 1.165) is 55.3 Å². The molecule has 0 aliphatic carbocycles. The van der Waals surface area contributed by atoms with E-state index in [0.29, 0.717) is 12.2 Å². The first-order valence-electron chi connectivity index (χ1n) is 9.54. The summed E-state index contributed by atoms with van der Waals surface area (Å²) in [7, 11) is 0. The number of ether oxygens (including phenoxy) is 1. The number of carbonyl (C=O) groups is 3. The number of imide groups is 2. The fraction of sp³-hybridized carbons (Fsp3) is 0.500. The van der Waals surface area contributed by atoms with Crippen LogP contribution in [0.25, 0.3) is 0 Å². The number of benzene rings is 1. The normalized spacial score (nSPS) is 21.4. The van der Waals surface area contributed by atoms with Crippen LogP contribution in [0, 0.1) is 19.8 Å². The lowest BCUT2D eigenvalue weighted by Gasteiger charge is -2.30. The van der Waals surface area contributed by atoms with Gasteiger partial charge >= 0.3 is 6.03 Å². The number of aryl methyl sites for hydroxylation is 1. The molecule has 8 heteroatoms. The van der Waals surface area contributed by atoms with E-state index in [9.17, 15) is 14.4 Å². The molecular weight excluding hydrogens is 360 g/mol. The molecule has 4 amide bonds. The molecule has 1 N–H and O–H groups in total. The van der Waals surface area contributed by atoms with Gasteiger partial charge in [-0.15, -0.1) is 0 Å². The predicted molar refractivity (Wildman–Crippen MR) is 106 cm³/mol. The smallest absolute Gasteiger partial charge is 0.335 e. The molecular formula is C20H26N4O4. The highest BCUT2D eigenvalue weighted by atomic mass is 16.5. The van der Waals surface area contributed by atoms with E-state index >= 15 is 0 Å². The lowest BCUT2D eigenvalue weighted by molar-refractivity contribution is -0.131. The molecule has 0 aromatic heterocycles. The standard InChI is InChI=1S/C20H26N4O4/c1-14-5-3-6-17(15(14)2)24-19(26)16(18(25)22-20(24)27)13-21-7-4-8-23-9-11-28-12-10-23/h3,5-6,13,16H,4,7-12H2,1-2H3,(H,22,25,27)/t16-/m1/s1. The number of morpholine rings is 1. The summed E-state index contributed by atoms with van der Waals surface area (Å²) in [5, 5.41) is 2.26. The third-order valence-corrected chi connectivity index (χ3v) is 5.14. The molecule has 2 aliphatic heterocycles. The first kappa shape index (κ1) is 20.2. The number of nitrogens with one attached hydrogen (secondary N) is 1. The van der Waals surface area contributed by atoms with E-state index < -0.39 is 23.8 Å². The number of hydrogen-bond acceptors (Lipinski definition) is 6. The van der Waals surface area contributed by atoms with Crippen molar-refractivity contribution in [1.29, 1.82) is 0 Å². The van der Waals surface area contributed by atoms with Crippen molar-refractivity contribution in [3.05, 3.63) is 29.3 Å². The summed E-state index contributed by atoms with van der Waals surface area (Å²) in [6.45, 7) is 8.51. The van der Waals surface area contributed by atoms with Crippen LogP contribution in [0.4, 0.5) is 10.5 Å². The summed E-state index contributed by atoms with van der Waals surface area (Å²) in [6, 6.07) is 4.67. The fourth-order valence-corrected chi connectivity index (χ4v) is 3.32. The van der Waals surface area contributed by atoms with Crippen molar-refractivity contribution in [3.8, 4) is 0 Å². The minimum Gasteiger partial charge on any atom is -0.379 e. The zero-order valence-corrected chi connectivity index (χ0v) is 16.3. The number of nitrogens with zero attached hydrogens (tertiary/aromatic N) is 3. The van der Waals surface area contributed by atoms with Crippen LogP contribution in [0.1, 0.15) is 17.5 Å². The summed E-state index contributed by atoms with van der Waals surface area (Å²) < 4.78 is 5.32. The Morgan fingerprint density at radius 2 is 1.96 bits per heavy atom. The van der Waals surface area contributed by atoms with Crippen LogP contribution in [-0.2, 0) is 14.3 Å². The average molecular weight is 386 g/mol. The summed E-state index contributed by atoms with van der Waals surface area (Å²) in [6.07, 6.45) is 2.19. The lowest BCUT2D eigenvalue weighted by atomic mass is 10.0. The highest BCUT2D eigenvalue weighted by Gasteiger charge is 2.40. The van der Waals surface area contributed by atoms with E-state index in [4.69, 9.17) is 4.74 Å². The lowest BCUT2D eigenvalue weighted by Crippen LogP contribution is -2.58. The maximum atomic E-state index is 12.9. The van der Waals surface area contributed by atoms with Gasteiger partial charge in [0.1, 0.15) is 0 Å². The van der Waals surface area contributed by atoms with E-state index in [2.05, 4.69) is 15.2 Å². The van der Waals surface area contributed by atoms with Gasteiger partial charge in [0.25, 0.3) is 5.91 Å². The molecule has 0 spiro atoms. The molecule has 2 saturated heterocycles. The topological polar surface area (TPSA) is 91.3 Å². The van der Waals surface area contributed by atoms with Gasteiger partial charge in [-0.1, -0.05) is 12.1 Å². The molecule has 0 saturated carbocycles. The Labute approximate surface area is 164 Å². The number of hydrogen-bond donors (Lipinski definition) is 1. The van der Waals surface area contributed by atoms with Crippen molar-refractivity contribution in [2.24, 2.45) is 10.9 Å². The Hall–Kier alpha value is -2.58. The third kappa shape index (κ3) is 4.45. The van der Waals surface area contributed by atoms with Crippen molar-refractivity contribution >= 4 is 29.7 Å².